The van der Waals surface area contributed by atoms with Gasteiger partial charge in [0.2, 0.25) is 0 Å². The minimum atomic E-state index is 0.345. The molecule has 1 atom stereocenters. The standard InChI is InChI=1S/C18H29NO/c1-5-19-15(4)17-11-8-14(3)12-18(17)20-16-9-6-13(2)7-10-16/h8,11-13,15-16,19H,5-7,9-10H2,1-4H3. The van der Waals surface area contributed by atoms with E-state index in [1.54, 1.807) is 0 Å². The van der Waals surface area contributed by atoms with Crippen molar-refractivity contribution in [2.75, 3.05) is 6.54 Å². The van der Waals surface area contributed by atoms with Crippen LogP contribution in [0, 0.1) is 12.8 Å². The van der Waals surface area contributed by atoms with E-state index in [-0.39, 0.29) is 0 Å². The molecule has 1 aromatic carbocycles. The first kappa shape index (κ1) is 15.4. The third-order valence-corrected chi connectivity index (χ3v) is 4.40. The second-order valence-corrected chi connectivity index (χ2v) is 6.32. The number of hydrogen-bond acceptors (Lipinski definition) is 2. The monoisotopic (exact) mass is 275 g/mol. The normalized spacial score (nSPS) is 24.4. The second-order valence-electron chi connectivity index (χ2n) is 6.32. The maximum atomic E-state index is 6.34. The Bertz CT molecular complexity index is 421. The molecule has 1 aromatic rings. The van der Waals surface area contributed by atoms with E-state index < -0.39 is 0 Å². The molecule has 0 radical (unpaired) electrons. The van der Waals surface area contributed by atoms with E-state index in [0.717, 1.165) is 18.2 Å². The van der Waals surface area contributed by atoms with E-state index >= 15 is 0 Å². The maximum absolute atomic E-state index is 6.34. The van der Waals surface area contributed by atoms with Crippen molar-refractivity contribution in [3.05, 3.63) is 29.3 Å². The van der Waals surface area contributed by atoms with Crippen LogP contribution in [0.1, 0.15) is 63.6 Å². The molecule has 0 saturated heterocycles. The van der Waals surface area contributed by atoms with Gasteiger partial charge >= 0.3 is 0 Å². The van der Waals surface area contributed by atoms with Crippen molar-refractivity contribution in [1.29, 1.82) is 0 Å². The molecule has 2 nitrogen and oxygen atoms in total. The molecule has 0 bridgehead atoms. The largest absolute Gasteiger partial charge is 0.490 e. The summed E-state index contributed by atoms with van der Waals surface area (Å²) in [5.41, 5.74) is 2.56. The molecule has 0 spiro atoms. The zero-order valence-corrected chi connectivity index (χ0v) is 13.4. The van der Waals surface area contributed by atoms with Crippen molar-refractivity contribution in [1.82, 2.24) is 5.32 Å². The number of aryl methyl sites for hydroxylation is 1. The van der Waals surface area contributed by atoms with Gasteiger partial charge in [0.25, 0.3) is 0 Å². The first-order valence-electron chi connectivity index (χ1n) is 8.10. The van der Waals surface area contributed by atoms with Gasteiger partial charge in [-0.1, -0.05) is 26.0 Å². The van der Waals surface area contributed by atoms with Crippen LogP contribution in [0.2, 0.25) is 0 Å². The summed E-state index contributed by atoms with van der Waals surface area (Å²) in [7, 11) is 0. The Kier molecular flexibility index (Phi) is 5.47. The Morgan fingerprint density at radius 3 is 2.60 bits per heavy atom. The van der Waals surface area contributed by atoms with Crippen molar-refractivity contribution in [3.63, 3.8) is 0 Å². The van der Waals surface area contributed by atoms with Gasteiger partial charge in [-0.15, -0.1) is 0 Å². The van der Waals surface area contributed by atoms with Crippen LogP contribution in [-0.2, 0) is 0 Å². The Morgan fingerprint density at radius 2 is 1.95 bits per heavy atom. The molecular formula is C18H29NO. The maximum Gasteiger partial charge on any atom is 0.124 e. The average molecular weight is 275 g/mol. The molecule has 2 rings (SSSR count). The van der Waals surface area contributed by atoms with E-state index in [1.807, 2.05) is 0 Å². The quantitative estimate of drug-likeness (QED) is 0.846. The number of rotatable bonds is 5. The number of nitrogens with one attached hydrogen (secondary N) is 1. The Balaban J connectivity index is 2.10. The van der Waals surface area contributed by atoms with E-state index in [4.69, 9.17) is 4.74 Å². The summed E-state index contributed by atoms with van der Waals surface area (Å²) < 4.78 is 6.34. The summed E-state index contributed by atoms with van der Waals surface area (Å²) in [5, 5.41) is 3.49. The highest BCUT2D eigenvalue weighted by molar-refractivity contribution is 5.39. The van der Waals surface area contributed by atoms with Gasteiger partial charge in [0.15, 0.2) is 0 Å². The van der Waals surface area contributed by atoms with Crippen molar-refractivity contribution in [3.8, 4) is 5.75 Å². The molecule has 0 aliphatic heterocycles. The summed E-state index contributed by atoms with van der Waals surface area (Å²) in [4.78, 5) is 0. The van der Waals surface area contributed by atoms with Gasteiger partial charge < -0.3 is 10.1 Å². The number of benzene rings is 1. The SMILES string of the molecule is CCNC(C)c1ccc(C)cc1OC1CCC(C)CC1. The smallest absolute Gasteiger partial charge is 0.124 e. The molecule has 2 heteroatoms. The molecule has 1 N–H and O–H groups in total. The summed E-state index contributed by atoms with van der Waals surface area (Å²) in [6, 6.07) is 6.93. The third kappa shape index (κ3) is 3.99. The Morgan fingerprint density at radius 1 is 1.25 bits per heavy atom. The molecule has 20 heavy (non-hydrogen) atoms. The fraction of sp³-hybridized carbons (Fsp3) is 0.667. The van der Waals surface area contributed by atoms with E-state index in [9.17, 15) is 0 Å². The fourth-order valence-electron chi connectivity index (χ4n) is 3.04. The summed E-state index contributed by atoms with van der Waals surface area (Å²) in [6.07, 6.45) is 5.40. The topological polar surface area (TPSA) is 21.3 Å². The molecule has 0 heterocycles. The first-order chi connectivity index (χ1) is 9.60. The van der Waals surface area contributed by atoms with Gasteiger partial charge in [-0.3, -0.25) is 0 Å². The van der Waals surface area contributed by atoms with Gasteiger partial charge in [0, 0.05) is 11.6 Å². The molecule has 1 fully saturated rings. The van der Waals surface area contributed by atoms with Gasteiger partial charge in [0.1, 0.15) is 5.75 Å². The Hall–Kier alpha value is -1.02. The van der Waals surface area contributed by atoms with E-state index in [0.29, 0.717) is 12.1 Å². The fourth-order valence-corrected chi connectivity index (χ4v) is 3.04. The molecule has 112 valence electrons. The first-order valence-corrected chi connectivity index (χ1v) is 8.10. The average Bonchev–Trinajstić information content (AvgIpc) is 2.42. The van der Waals surface area contributed by atoms with Gasteiger partial charge in [-0.05, 0) is 63.6 Å². The molecule has 1 aliphatic carbocycles. The van der Waals surface area contributed by atoms with Crippen molar-refractivity contribution in [2.24, 2.45) is 5.92 Å². The van der Waals surface area contributed by atoms with Crippen LogP contribution in [0.25, 0.3) is 0 Å². The van der Waals surface area contributed by atoms with Crippen molar-refractivity contribution in [2.45, 2.75) is 65.5 Å². The minimum absolute atomic E-state index is 0.345. The van der Waals surface area contributed by atoms with E-state index in [2.05, 4.69) is 51.2 Å². The van der Waals surface area contributed by atoms with Crippen LogP contribution in [0.4, 0.5) is 0 Å². The summed E-state index contributed by atoms with van der Waals surface area (Å²) in [5.74, 6) is 1.95. The summed E-state index contributed by atoms with van der Waals surface area (Å²) >= 11 is 0. The second kappa shape index (κ2) is 7.12. The van der Waals surface area contributed by atoms with Crippen LogP contribution in [0.15, 0.2) is 18.2 Å². The minimum Gasteiger partial charge on any atom is -0.490 e. The molecule has 0 aromatic heterocycles. The van der Waals surface area contributed by atoms with Crippen LogP contribution < -0.4 is 10.1 Å². The zero-order chi connectivity index (χ0) is 14.5. The lowest BCUT2D eigenvalue weighted by molar-refractivity contribution is 0.133. The molecule has 1 unspecified atom stereocenters. The number of hydrogen-bond donors (Lipinski definition) is 1. The lowest BCUT2D eigenvalue weighted by Crippen LogP contribution is -2.25. The molecule has 1 aliphatic rings. The summed E-state index contributed by atoms with van der Waals surface area (Å²) in [6.45, 7) is 9.83. The van der Waals surface area contributed by atoms with Gasteiger partial charge in [-0.2, -0.15) is 0 Å². The highest BCUT2D eigenvalue weighted by atomic mass is 16.5. The van der Waals surface area contributed by atoms with Crippen LogP contribution in [0.5, 0.6) is 5.75 Å². The molecular weight excluding hydrogens is 246 g/mol. The van der Waals surface area contributed by atoms with Crippen molar-refractivity contribution < 1.29 is 4.74 Å². The third-order valence-electron chi connectivity index (χ3n) is 4.40. The predicted molar refractivity (Wildman–Crippen MR) is 85.3 cm³/mol. The zero-order valence-electron chi connectivity index (χ0n) is 13.4. The molecule has 0 amide bonds. The Labute approximate surface area is 123 Å². The predicted octanol–water partition coefficient (Wildman–Crippen LogP) is 4.62. The highest BCUT2D eigenvalue weighted by Gasteiger charge is 2.21. The van der Waals surface area contributed by atoms with E-state index in [1.165, 1.54) is 36.8 Å². The lowest BCUT2D eigenvalue weighted by Gasteiger charge is -2.28. The lowest BCUT2D eigenvalue weighted by atomic mass is 9.89. The van der Waals surface area contributed by atoms with Crippen LogP contribution in [-0.4, -0.2) is 12.6 Å². The van der Waals surface area contributed by atoms with Gasteiger partial charge in [0.05, 0.1) is 6.10 Å². The highest BCUT2D eigenvalue weighted by Crippen LogP contribution is 2.31. The van der Waals surface area contributed by atoms with Crippen LogP contribution in [0.3, 0.4) is 0 Å². The van der Waals surface area contributed by atoms with Crippen molar-refractivity contribution >= 4 is 0 Å². The van der Waals surface area contributed by atoms with Gasteiger partial charge in [-0.25, -0.2) is 0 Å². The van der Waals surface area contributed by atoms with Crippen LogP contribution >= 0.6 is 0 Å². The molecule has 1 saturated carbocycles. The number of ether oxygens (including phenoxy) is 1.